The first-order valence-corrected chi connectivity index (χ1v) is 10.4. The smallest absolute Gasteiger partial charge is 0.309 e. The van der Waals surface area contributed by atoms with E-state index in [1.807, 2.05) is 6.92 Å². The highest BCUT2D eigenvalue weighted by Crippen LogP contribution is 2.20. The van der Waals surface area contributed by atoms with Gasteiger partial charge in [-0.3, -0.25) is 4.79 Å². The molecule has 1 fully saturated rings. The molecule has 1 saturated heterocycles. The minimum atomic E-state index is -0.0580. The van der Waals surface area contributed by atoms with Gasteiger partial charge in [0.15, 0.2) is 5.96 Å². The first-order valence-electron chi connectivity index (χ1n) is 10.4. The van der Waals surface area contributed by atoms with Crippen LogP contribution in [0.3, 0.4) is 0 Å². The lowest BCUT2D eigenvalue weighted by Crippen LogP contribution is -2.46. The van der Waals surface area contributed by atoms with E-state index in [0.29, 0.717) is 13.2 Å². The number of hydrogen-bond donors (Lipinski definition) is 1. The van der Waals surface area contributed by atoms with E-state index in [0.717, 1.165) is 51.5 Å². The van der Waals surface area contributed by atoms with Gasteiger partial charge in [0.25, 0.3) is 0 Å². The third-order valence-electron chi connectivity index (χ3n) is 5.25. The molecule has 152 valence electrons. The Kier molecular flexibility index (Phi) is 7.34. The molecule has 0 saturated carbocycles. The molecule has 0 radical (unpaired) electrons. The second kappa shape index (κ2) is 10.2. The van der Waals surface area contributed by atoms with E-state index in [-0.39, 0.29) is 11.9 Å². The number of guanidine groups is 1. The molecule has 2 heterocycles. The quantitative estimate of drug-likeness (QED) is 0.354. The van der Waals surface area contributed by atoms with Gasteiger partial charge in [0.2, 0.25) is 0 Å². The van der Waals surface area contributed by atoms with Crippen LogP contribution in [-0.4, -0.2) is 56.2 Å². The number of likely N-dealkylation sites (tertiary alicyclic amines) is 1. The standard InChI is InChI=1S/C22H32N4O2/c1-3-23-22(26-14-10-19(11-15-26)21(27)28-4-2)24-17-18-8-7-9-20(16-18)25-12-5-6-13-25/h5-9,16,19H,3-4,10-15,17H2,1-2H3,(H,23,24). The molecule has 0 unspecified atom stereocenters. The van der Waals surface area contributed by atoms with Crippen LogP contribution < -0.4 is 10.2 Å². The highest BCUT2D eigenvalue weighted by molar-refractivity contribution is 5.80. The predicted octanol–water partition coefficient (Wildman–Crippen LogP) is 2.80. The minimum absolute atomic E-state index is 0.0184. The largest absolute Gasteiger partial charge is 0.466 e. The van der Waals surface area contributed by atoms with Crippen molar-refractivity contribution in [3.05, 3.63) is 42.0 Å². The Morgan fingerprint density at radius 2 is 1.96 bits per heavy atom. The Morgan fingerprint density at radius 1 is 1.21 bits per heavy atom. The van der Waals surface area contributed by atoms with Gasteiger partial charge in [-0.05, 0) is 44.4 Å². The van der Waals surface area contributed by atoms with Crippen LogP contribution in [0.4, 0.5) is 5.69 Å². The average molecular weight is 385 g/mol. The summed E-state index contributed by atoms with van der Waals surface area (Å²) in [5.41, 5.74) is 2.46. The summed E-state index contributed by atoms with van der Waals surface area (Å²) in [5.74, 6) is 0.889. The van der Waals surface area contributed by atoms with Gasteiger partial charge in [-0.1, -0.05) is 24.3 Å². The summed E-state index contributed by atoms with van der Waals surface area (Å²) >= 11 is 0. The number of ether oxygens (including phenoxy) is 1. The van der Waals surface area contributed by atoms with Crippen LogP contribution in [0.5, 0.6) is 0 Å². The van der Waals surface area contributed by atoms with Crippen molar-refractivity contribution in [3.63, 3.8) is 0 Å². The van der Waals surface area contributed by atoms with Crippen LogP contribution in [0.2, 0.25) is 0 Å². The fourth-order valence-corrected chi connectivity index (χ4v) is 3.72. The molecular formula is C22H32N4O2. The number of rotatable bonds is 6. The van der Waals surface area contributed by atoms with Gasteiger partial charge in [0.05, 0.1) is 19.1 Å². The number of piperidine rings is 1. The van der Waals surface area contributed by atoms with Gasteiger partial charge < -0.3 is 19.9 Å². The van der Waals surface area contributed by atoms with Crippen LogP contribution in [0, 0.1) is 5.92 Å². The Hall–Kier alpha value is -2.50. The third-order valence-corrected chi connectivity index (χ3v) is 5.25. The van der Waals surface area contributed by atoms with Gasteiger partial charge in [-0.25, -0.2) is 4.99 Å². The zero-order valence-electron chi connectivity index (χ0n) is 17.1. The highest BCUT2D eigenvalue weighted by Gasteiger charge is 2.27. The Balaban J connectivity index is 1.60. The molecule has 0 amide bonds. The fraction of sp³-hybridized carbons (Fsp3) is 0.545. The van der Waals surface area contributed by atoms with E-state index >= 15 is 0 Å². The van der Waals surface area contributed by atoms with Gasteiger partial charge in [0, 0.05) is 38.4 Å². The summed E-state index contributed by atoms with van der Waals surface area (Å²) in [7, 11) is 0. The maximum atomic E-state index is 12.0. The van der Waals surface area contributed by atoms with E-state index < -0.39 is 0 Å². The zero-order valence-corrected chi connectivity index (χ0v) is 17.1. The Labute approximate surface area is 168 Å². The van der Waals surface area contributed by atoms with E-state index in [1.54, 1.807) is 0 Å². The van der Waals surface area contributed by atoms with Gasteiger partial charge in [-0.2, -0.15) is 0 Å². The van der Waals surface area contributed by atoms with Gasteiger partial charge in [-0.15, -0.1) is 0 Å². The lowest BCUT2D eigenvalue weighted by molar-refractivity contribution is -0.149. The molecule has 6 heteroatoms. The lowest BCUT2D eigenvalue weighted by atomic mass is 9.97. The second-order valence-electron chi connectivity index (χ2n) is 7.23. The van der Waals surface area contributed by atoms with Crippen LogP contribution in [0.25, 0.3) is 0 Å². The number of carbonyl (C=O) groups excluding carboxylic acids is 1. The molecule has 0 aliphatic carbocycles. The van der Waals surface area contributed by atoms with E-state index in [9.17, 15) is 4.79 Å². The highest BCUT2D eigenvalue weighted by atomic mass is 16.5. The van der Waals surface area contributed by atoms with Crippen LogP contribution >= 0.6 is 0 Å². The normalized spacial score (nSPS) is 17.9. The molecular weight excluding hydrogens is 352 g/mol. The summed E-state index contributed by atoms with van der Waals surface area (Å²) in [6, 6.07) is 8.63. The summed E-state index contributed by atoms with van der Waals surface area (Å²) in [6.45, 7) is 9.49. The summed E-state index contributed by atoms with van der Waals surface area (Å²) in [6.07, 6.45) is 6.05. The number of hydrogen-bond acceptors (Lipinski definition) is 4. The van der Waals surface area contributed by atoms with Crippen molar-refractivity contribution in [1.29, 1.82) is 0 Å². The monoisotopic (exact) mass is 384 g/mol. The number of carbonyl (C=O) groups is 1. The molecule has 2 aliphatic rings. The number of esters is 1. The summed E-state index contributed by atoms with van der Waals surface area (Å²) in [4.78, 5) is 21.4. The SMILES string of the molecule is CCNC(=NCc1cccc(N2CC=CC2)c1)N1CCC(C(=O)OCC)CC1. The number of nitrogens with zero attached hydrogens (tertiary/aromatic N) is 3. The molecule has 0 aromatic heterocycles. The molecule has 3 rings (SSSR count). The van der Waals surface area contributed by atoms with Crippen molar-refractivity contribution < 1.29 is 9.53 Å². The molecule has 0 spiro atoms. The van der Waals surface area contributed by atoms with Crippen molar-refractivity contribution in [3.8, 4) is 0 Å². The average Bonchev–Trinajstić information content (AvgIpc) is 3.27. The van der Waals surface area contributed by atoms with Crippen LogP contribution in [0.15, 0.2) is 41.4 Å². The van der Waals surface area contributed by atoms with Crippen molar-refractivity contribution >= 4 is 17.6 Å². The van der Waals surface area contributed by atoms with Crippen LogP contribution in [-0.2, 0) is 16.1 Å². The number of anilines is 1. The van der Waals surface area contributed by atoms with E-state index in [4.69, 9.17) is 9.73 Å². The maximum absolute atomic E-state index is 12.0. The summed E-state index contributed by atoms with van der Waals surface area (Å²) in [5, 5.41) is 3.40. The maximum Gasteiger partial charge on any atom is 0.309 e. The number of nitrogens with one attached hydrogen (secondary N) is 1. The van der Waals surface area contributed by atoms with Gasteiger partial charge >= 0.3 is 5.97 Å². The first-order chi connectivity index (χ1) is 13.7. The van der Waals surface area contributed by atoms with E-state index in [2.05, 4.69) is 58.5 Å². The minimum Gasteiger partial charge on any atom is -0.466 e. The molecule has 1 aromatic rings. The lowest BCUT2D eigenvalue weighted by Gasteiger charge is -2.33. The van der Waals surface area contributed by atoms with Crippen molar-refractivity contribution in [2.45, 2.75) is 33.2 Å². The molecule has 2 aliphatic heterocycles. The van der Waals surface area contributed by atoms with Crippen molar-refractivity contribution in [2.75, 3.05) is 44.2 Å². The first kappa shape index (κ1) is 20.2. The predicted molar refractivity (Wildman–Crippen MR) is 114 cm³/mol. The third kappa shape index (κ3) is 5.27. The zero-order chi connectivity index (χ0) is 19.8. The molecule has 28 heavy (non-hydrogen) atoms. The molecule has 1 N–H and O–H groups in total. The summed E-state index contributed by atoms with van der Waals surface area (Å²) < 4.78 is 5.17. The number of aliphatic imine (C=N–C) groups is 1. The Morgan fingerprint density at radius 3 is 2.64 bits per heavy atom. The van der Waals surface area contributed by atoms with Crippen molar-refractivity contribution in [1.82, 2.24) is 10.2 Å². The number of benzene rings is 1. The molecule has 0 atom stereocenters. The van der Waals surface area contributed by atoms with Gasteiger partial charge in [0.1, 0.15) is 0 Å². The topological polar surface area (TPSA) is 57.2 Å². The second-order valence-corrected chi connectivity index (χ2v) is 7.23. The van der Waals surface area contributed by atoms with E-state index in [1.165, 1.54) is 11.3 Å². The van der Waals surface area contributed by atoms with Crippen molar-refractivity contribution in [2.24, 2.45) is 10.9 Å². The molecule has 6 nitrogen and oxygen atoms in total. The van der Waals surface area contributed by atoms with Crippen LogP contribution in [0.1, 0.15) is 32.3 Å². The molecule has 1 aromatic carbocycles. The Bertz CT molecular complexity index is 700. The fourth-order valence-electron chi connectivity index (χ4n) is 3.72. The molecule has 0 bridgehead atoms.